The van der Waals surface area contributed by atoms with E-state index in [9.17, 15) is 19.5 Å². The summed E-state index contributed by atoms with van der Waals surface area (Å²) in [5.41, 5.74) is 1.50. The van der Waals surface area contributed by atoms with Crippen LogP contribution in [0, 0.1) is 11.3 Å². The van der Waals surface area contributed by atoms with Crippen LogP contribution in [0.2, 0.25) is 0 Å². The molecule has 6 nitrogen and oxygen atoms in total. The van der Waals surface area contributed by atoms with Gasteiger partial charge in [-0.05, 0) is 48.3 Å². The average molecular weight is 529 g/mol. The molecule has 2 unspecified atom stereocenters. The molecule has 0 bridgehead atoms. The van der Waals surface area contributed by atoms with E-state index in [1.54, 1.807) is 0 Å². The third kappa shape index (κ3) is 8.28. The van der Waals surface area contributed by atoms with E-state index >= 15 is 0 Å². The number of aliphatic carboxylic acids is 1. The van der Waals surface area contributed by atoms with Crippen LogP contribution in [0.5, 0.6) is 0 Å². The van der Waals surface area contributed by atoms with Crippen molar-refractivity contribution in [3.05, 3.63) is 108 Å². The Balaban J connectivity index is 1.81. The molecule has 3 rings (SSSR count). The highest BCUT2D eigenvalue weighted by atomic mass is 16.4. The Labute approximate surface area is 231 Å². The molecule has 0 fully saturated rings. The Hall–Kier alpha value is -3.93. The fraction of sp³-hybridized carbons (Fsp3) is 0.364. The monoisotopic (exact) mass is 528 g/mol. The van der Waals surface area contributed by atoms with Crippen molar-refractivity contribution in [3.8, 4) is 0 Å². The molecular formula is C33H40N2O4. The first-order valence-electron chi connectivity index (χ1n) is 13.5. The summed E-state index contributed by atoms with van der Waals surface area (Å²) < 4.78 is 0. The minimum Gasteiger partial charge on any atom is -0.481 e. The number of carbonyl (C=O) groups excluding carboxylic acids is 2. The zero-order chi connectivity index (χ0) is 28.5. The zero-order valence-electron chi connectivity index (χ0n) is 23.3. The summed E-state index contributed by atoms with van der Waals surface area (Å²) in [6.45, 7) is 7.62. The first-order valence-corrected chi connectivity index (χ1v) is 13.5. The lowest BCUT2D eigenvalue weighted by Gasteiger charge is -2.37. The second kappa shape index (κ2) is 13.2. The van der Waals surface area contributed by atoms with Gasteiger partial charge in [-0.2, -0.15) is 0 Å². The van der Waals surface area contributed by atoms with Gasteiger partial charge in [0.15, 0.2) is 0 Å². The van der Waals surface area contributed by atoms with E-state index < -0.39 is 34.8 Å². The smallest absolute Gasteiger partial charge is 0.304 e. The second-order valence-electron chi connectivity index (χ2n) is 11.3. The Morgan fingerprint density at radius 1 is 0.744 bits per heavy atom. The average Bonchev–Trinajstić information content (AvgIpc) is 2.91. The summed E-state index contributed by atoms with van der Waals surface area (Å²) in [6.07, 6.45) is 1.55. The largest absolute Gasteiger partial charge is 0.481 e. The summed E-state index contributed by atoms with van der Waals surface area (Å²) in [5, 5.41) is 15.6. The Morgan fingerprint density at radius 3 is 1.69 bits per heavy atom. The predicted molar refractivity (Wildman–Crippen MR) is 154 cm³/mol. The molecule has 3 aromatic carbocycles. The minimum atomic E-state index is -1.03. The van der Waals surface area contributed by atoms with Crippen LogP contribution in [-0.4, -0.2) is 28.9 Å². The van der Waals surface area contributed by atoms with Gasteiger partial charge in [-0.15, -0.1) is 0 Å². The van der Waals surface area contributed by atoms with Crippen LogP contribution in [-0.2, 0) is 26.3 Å². The highest BCUT2D eigenvalue weighted by Gasteiger charge is 2.39. The number of nitrogens with one attached hydrogen (secondary N) is 2. The minimum absolute atomic E-state index is 0.287. The maximum Gasteiger partial charge on any atom is 0.304 e. The van der Waals surface area contributed by atoms with E-state index in [0.29, 0.717) is 12.8 Å². The molecule has 0 heterocycles. The number of hydrogen-bond acceptors (Lipinski definition) is 3. The lowest BCUT2D eigenvalue weighted by molar-refractivity contribution is -0.142. The molecule has 39 heavy (non-hydrogen) atoms. The summed E-state index contributed by atoms with van der Waals surface area (Å²) in [7, 11) is 0. The first-order chi connectivity index (χ1) is 18.5. The normalized spacial score (nSPS) is 13.2. The summed E-state index contributed by atoms with van der Waals surface area (Å²) in [5.74, 6) is -2.52. The molecule has 2 amide bonds. The molecule has 0 aliphatic rings. The zero-order valence-corrected chi connectivity index (χ0v) is 23.3. The van der Waals surface area contributed by atoms with E-state index in [1.165, 1.54) is 0 Å². The Morgan fingerprint density at radius 2 is 1.23 bits per heavy atom. The fourth-order valence-electron chi connectivity index (χ4n) is 4.84. The number of hydrogen-bond donors (Lipinski definition) is 3. The third-order valence-electron chi connectivity index (χ3n) is 7.14. The summed E-state index contributed by atoms with van der Waals surface area (Å²) in [6, 6.07) is 28.5. The summed E-state index contributed by atoms with van der Waals surface area (Å²) >= 11 is 0. The fourth-order valence-corrected chi connectivity index (χ4v) is 4.84. The van der Waals surface area contributed by atoms with Crippen molar-refractivity contribution in [2.24, 2.45) is 11.3 Å². The maximum atomic E-state index is 13.9. The van der Waals surface area contributed by atoms with E-state index in [0.717, 1.165) is 23.1 Å². The number of benzene rings is 3. The molecule has 206 valence electrons. The number of aryl methyl sites for hydroxylation is 1. The van der Waals surface area contributed by atoms with E-state index in [1.807, 2.05) is 119 Å². The van der Waals surface area contributed by atoms with Crippen LogP contribution in [0.4, 0.5) is 0 Å². The highest BCUT2D eigenvalue weighted by molar-refractivity contribution is 5.91. The lowest BCUT2D eigenvalue weighted by atomic mass is 9.81. The predicted octanol–water partition coefficient (Wildman–Crippen LogP) is 5.71. The van der Waals surface area contributed by atoms with Gasteiger partial charge >= 0.3 is 5.97 Å². The van der Waals surface area contributed by atoms with Crippen molar-refractivity contribution in [2.75, 3.05) is 0 Å². The molecular weight excluding hydrogens is 488 g/mol. The van der Waals surface area contributed by atoms with Crippen LogP contribution >= 0.6 is 0 Å². The molecule has 0 aromatic heterocycles. The topological polar surface area (TPSA) is 95.5 Å². The first kappa shape index (κ1) is 29.6. The SMILES string of the molecule is CC(NC(=O)C(NC(=O)C(CCCc1ccccc1)CC(=O)O)C(C)(C)C)(c1ccccc1)c1ccccc1. The molecule has 0 saturated carbocycles. The van der Waals surface area contributed by atoms with Gasteiger partial charge in [0.25, 0.3) is 0 Å². The van der Waals surface area contributed by atoms with Crippen molar-refractivity contribution >= 4 is 17.8 Å². The van der Waals surface area contributed by atoms with Gasteiger partial charge in [-0.3, -0.25) is 14.4 Å². The van der Waals surface area contributed by atoms with Gasteiger partial charge < -0.3 is 15.7 Å². The number of carboxylic acids is 1. The second-order valence-corrected chi connectivity index (χ2v) is 11.3. The maximum absolute atomic E-state index is 13.9. The molecule has 0 aliphatic heterocycles. The Kier molecular flexibility index (Phi) is 10.0. The van der Waals surface area contributed by atoms with Gasteiger partial charge in [0, 0.05) is 5.92 Å². The van der Waals surface area contributed by atoms with Gasteiger partial charge in [0.2, 0.25) is 11.8 Å². The van der Waals surface area contributed by atoms with Crippen LogP contribution in [0.1, 0.15) is 63.6 Å². The number of carboxylic acid groups (broad SMARTS) is 1. The molecule has 3 N–H and O–H groups in total. The Bertz CT molecular complexity index is 1180. The molecule has 6 heteroatoms. The van der Waals surface area contributed by atoms with Crippen LogP contribution in [0.15, 0.2) is 91.0 Å². The van der Waals surface area contributed by atoms with Crippen LogP contribution in [0.3, 0.4) is 0 Å². The standard InChI is InChI=1S/C33H40N2O4/c1-32(2,3)29(34-30(38)25(23-28(36)37)18-14-17-24-15-8-5-9-16-24)31(39)35-33(4,26-19-10-6-11-20-26)27-21-12-7-13-22-27/h5-13,15-16,19-22,25,29H,14,17-18,23H2,1-4H3,(H,34,38)(H,35,39)(H,36,37). The molecule has 0 saturated heterocycles. The van der Waals surface area contributed by atoms with Gasteiger partial charge in [-0.25, -0.2) is 0 Å². The van der Waals surface area contributed by atoms with E-state index in [4.69, 9.17) is 0 Å². The van der Waals surface area contributed by atoms with Crippen molar-refractivity contribution in [2.45, 2.75) is 65.0 Å². The highest BCUT2D eigenvalue weighted by Crippen LogP contribution is 2.31. The summed E-state index contributed by atoms with van der Waals surface area (Å²) in [4.78, 5) is 38.9. The molecule has 2 atom stereocenters. The van der Waals surface area contributed by atoms with Crippen molar-refractivity contribution in [3.63, 3.8) is 0 Å². The number of amides is 2. The lowest BCUT2D eigenvalue weighted by Crippen LogP contribution is -2.58. The molecule has 0 spiro atoms. The van der Waals surface area contributed by atoms with Gasteiger partial charge in [0.1, 0.15) is 6.04 Å². The molecule has 3 aromatic rings. The van der Waals surface area contributed by atoms with E-state index in [-0.39, 0.29) is 12.3 Å². The number of carbonyl (C=O) groups is 3. The van der Waals surface area contributed by atoms with Crippen LogP contribution in [0.25, 0.3) is 0 Å². The van der Waals surface area contributed by atoms with Gasteiger partial charge in [0.05, 0.1) is 12.0 Å². The number of rotatable bonds is 12. The van der Waals surface area contributed by atoms with Crippen molar-refractivity contribution < 1.29 is 19.5 Å². The molecule has 0 radical (unpaired) electrons. The van der Waals surface area contributed by atoms with Crippen molar-refractivity contribution in [1.82, 2.24) is 10.6 Å². The quantitative estimate of drug-likeness (QED) is 0.281. The van der Waals surface area contributed by atoms with Crippen molar-refractivity contribution in [1.29, 1.82) is 0 Å². The van der Waals surface area contributed by atoms with Gasteiger partial charge in [-0.1, -0.05) is 112 Å². The van der Waals surface area contributed by atoms with Crippen LogP contribution < -0.4 is 10.6 Å². The molecule has 0 aliphatic carbocycles. The third-order valence-corrected chi connectivity index (χ3v) is 7.14. The van der Waals surface area contributed by atoms with E-state index in [2.05, 4.69) is 10.6 Å².